The Bertz CT molecular complexity index is 911. The molecule has 1 fully saturated rings. The second kappa shape index (κ2) is 7.70. The van der Waals surface area contributed by atoms with Crippen LogP contribution < -0.4 is 5.32 Å². The molecule has 0 bridgehead atoms. The topological polar surface area (TPSA) is 75.6 Å². The Morgan fingerprint density at radius 2 is 2.08 bits per heavy atom. The van der Waals surface area contributed by atoms with Gasteiger partial charge in [-0.05, 0) is 49.5 Å². The van der Waals surface area contributed by atoms with Crippen molar-refractivity contribution >= 4 is 40.3 Å². The zero-order valence-corrected chi connectivity index (χ0v) is 15.8. The second-order valence-electron chi connectivity index (χ2n) is 7.18. The molecule has 0 radical (unpaired) electrons. The van der Waals surface area contributed by atoms with Crippen LogP contribution in [-0.4, -0.2) is 38.2 Å². The number of H-pyrrole nitrogens is 1. The summed E-state index contributed by atoms with van der Waals surface area (Å²) in [4.78, 5) is 12.5. The van der Waals surface area contributed by atoms with Crippen molar-refractivity contribution in [3.05, 3.63) is 24.0 Å². The predicted octanol–water partition coefficient (Wildman–Crippen LogP) is 3.54. The summed E-state index contributed by atoms with van der Waals surface area (Å²) in [5, 5.41) is 16.8. The minimum atomic E-state index is -0.116. The number of nitrogens with zero attached hydrogens (tertiary/aromatic N) is 3. The molecule has 138 valence electrons. The number of thiol groups is 1. The zero-order chi connectivity index (χ0) is 17.9. The number of hydrogen-bond acceptors (Lipinski definition) is 4. The van der Waals surface area contributed by atoms with E-state index in [0.29, 0.717) is 12.2 Å². The molecule has 1 amide bonds. The van der Waals surface area contributed by atoms with E-state index in [-0.39, 0.29) is 5.91 Å². The molecule has 0 spiro atoms. The predicted molar refractivity (Wildman–Crippen MR) is 107 cm³/mol. The van der Waals surface area contributed by atoms with Crippen molar-refractivity contribution in [3.8, 4) is 0 Å². The van der Waals surface area contributed by atoms with Gasteiger partial charge in [-0.2, -0.15) is 22.8 Å². The van der Waals surface area contributed by atoms with Gasteiger partial charge in [-0.1, -0.05) is 12.8 Å². The van der Waals surface area contributed by atoms with E-state index in [2.05, 4.69) is 39.4 Å². The Balaban J connectivity index is 1.46. The first-order chi connectivity index (χ1) is 12.8. The van der Waals surface area contributed by atoms with E-state index >= 15 is 0 Å². The first-order valence-corrected chi connectivity index (χ1v) is 10.1. The van der Waals surface area contributed by atoms with Crippen molar-refractivity contribution in [2.24, 2.45) is 5.92 Å². The van der Waals surface area contributed by atoms with Crippen LogP contribution >= 0.6 is 12.6 Å². The Kier molecular flexibility index (Phi) is 5.15. The summed E-state index contributed by atoms with van der Waals surface area (Å²) in [5.74, 6) is 1.59. The third-order valence-corrected chi connectivity index (χ3v) is 5.32. The molecule has 0 atom stereocenters. The quantitative estimate of drug-likeness (QED) is 0.398. The molecule has 1 aliphatic rings. The number of aromatic amines is 1. The Hall–Kier alpha value is -2.02. The second-order valence-corrected chi connectivity index (χ2v) is 7.63. The molecule has 1 aromatic carbocycles. The van der Waals surface area contributed by atoms with Crippen LogP contribution in [0.1, 0.15) is 49.0 Å². The fourth-order valence-electron chi connectivity index (χ4n) is 3.34. The van der Waals surface area contributed by atoms with E-state index in [1.54, 1.807) is 0 Å². The highest BCUT2D eigenvalue weighted by Crippen LogP contribution is 2.31. The minimum absolute atomic E-state index is 0.116. The molecule has 0 aliphatic heterocycles. The molecule has 1 aliphatic carbocycles. The molecule has 2 heterocycles. The average Bonchev–Trinajstić information content (AvgIpc) is 3.18. The molecule has 0 unspecified atom stereocenters. The van der Waals surface area contributed by atoms with Gasteiger partial charge in [-0.25, -0.2) is 0 Å². The van der Waals surface area contributed by atoms with Gasteiger partial charge in [0.05, 0.1) is 11.0 Å². The lowest BCUT2D eigenvalue weighted by Crippen LogP contribution is -2.25. The molecular weight excluding hydrogens is 346 g/mol. The smallest absolute Gasteiger partial charge is 0.272 e. The highest BCUT2D eigenvalue weighted by molar-refractivity contribution is 7.80. The van der Waals surface area contributed by atoms with Crippen LogP contribution in [0.2, 0.25) is 0 Å². The maximum atomic E-state index is 12.5. The standard InChI is InChI=1S/C19H25N5OS/c25-19(20-9-3-1-2-4-10-26)18-14-7-8-16-15(17(14)21-22-18)12-24(23-16)11-13-5-6-13/h7-8,12-13,26H,1-6,9-11H2,(H,20,25)(H,21,22). The highest BCUT2D eigenvalue weighted by Gasteiger charge is 2.23. The number of fused-ring (bicyclic) bond motifs is 3. The third kappa shape index (κ3) is 3.72. The molecule has 4 rings (SSSR count). The van der Waals surface area contributed by atoms with E-state index in [0.717, 1.165) is 65.7 Å². The lowest BCUT2D eigenvalue weighted by Gasteiger charge is -2.03. The lowest BCUT2D eigenvalue weighted by atomic mass is 10.1. The number of rotatable bonds is 9. The summed E-state index contributed by atoms with van der Waals surface area (Å²) in [6, 6.07) is 3.92. The largest absolute Gasteiger partial charge is 0.351 e. The number of amides is 1. The van der Waals surface area contributed by atoms with Gasteiger partial charge in [0.1, 0.15) is 0 Å². The Morgan fingerprint density at radius 3 is 2.88 bits per heavy atom. The van der Waals surface area contributed by atoms with Crippen molar-refractivity contribution in [1.29, 1.82) is 0 Å². The van der Waals surface area contributed by atoms with E-state index in [9.17, 15) is 4.79 Å². The van der Waals surface area contributed by atoms with Gasteiger partial charge in [0, 0.05) is 30.1 Å². The van der Waals surface area contributed by atoms with Crippen molar-refractivity contribution in [2.45, 2.75) is 45.1 Å². The summed E-state index contributed by atoms with van der Waals surface area (Å²) < 4.78 is 2.02. The van der Waals surface area contributed by atoms with Gasteiger partial charge in [0.2, 0.25) is 0 Å². The number of benzene rings is 1. The lowest BCUT2D eigenvalue weighted by molar-refractivity contribution is 0.0949. The Morgan fingerprint density at radius 1 is 1.23 bits per heavy atom. The van der Waals surface area contributed by atoms with Crippen LogP contribution in [0.3, 0.4) is 0 Å². The first-order valence-electron chi connectivity index (χ1n) is 9.49. The average molecular weight is 372 g/mol. The van der Waals surface area contributed by atoms with Crippen LogP contribution in [0.25, 0.3) is 21.8 Å². The normalized spacial score (nSPS) is 14.3. The molecule has 1 saturated carbocycles. The number of nitrogens with one attached hydrogen (secondary N) is 2. The van der Waals surface area contributed by atoms with Gasteiger partial charge >= 0.3 is 0 Å². The van der Waals surface area contributed by atoms with E-state index < -0.39 is 0 Å². The van der Waals surface area contributed by atoms with Crippen LogP contribution in [0.4, 0.5) is 0 Å². The van der Waals surface area contributed by atoms with Gasteiger partial charge in [0.25, 0.3) is 5.91 Å². The van der Waals surface area contributed by atoms with Crippen molar-refractivity contribution < 1.29 is 4.79 Å². The molecule has 26 heavy (non-hydrogen) atoms. The zero-order valence-electron chi connectivity index (χ0n) is 14.9. The fraction of sp³-hybridized carbons (Fsp3) is 0.526. The van der Waals surface area contributed by atoms with Crippen LogP contribution in [-0.2, 0) is 6.54 Å². The molecular formula is C19H25N5OS. The maximum absolute atomic E-state index is 12.5. The van der Waals surface area contributed by atoms with Crippen molar-refractivity contribution in [2.75, 3.05) is 12.3 Å². The molecule has 6 nitrogen and oxygen atoms in total. The first kappa shape index (κ1) is 17.4. The van der Waals surface area contributed by atoms with Gasteiger partial charge in [-0.3, -0.25) is 14.6 Å². The number of carbonyl (C=O) groups is 1. The number of carbonyl (C=O) groups excluding carboxylic acids is 1. The van der Waals surface area contributed by atoms with Gasteiger partial charge < -0.3 is 5.32 Å². The summed E-state index contributed by atoms with van der Waals surface area (Å²) in [6.45, 7) is 1.66. The van der Waals surface area contributed by atoms with Crippen molar-refractivity contribution in [1.82, 2.24) is 25.3 Å². The van der Waals surface area contributed by atoms with Gasteiger partial charge in [-0.15, -0.1) is 0 Å². The van der Waals surface area contributed by atoms with Crippen molar-refractivity contribution in [3.63, 3.8) is 0 Å². The summed E-state index contributed by atoms with van der Waals surface area (Å²) in [6.07, 6.45) is 9.06. The van der Waals surface area contributed by atoms with Crippen LogP contribution in [0.5, 0.6) is 0 Å². The minimum Gasteiger partial charge on any atom is -0.351 e. The fourth-order valence-corrected chi connectivity index (χ4v) is 3.56. The SMILES string of the molecule is O=C(NCCCCCCS)c1n[nH]c2c1ccc1nn(CC3CC3)cc12. The molecule has 7 heteroatoms. The molecule has 2 N–H and O–H groups in total. The number of hydrogen-bond donors (Lipinski definition) is 3. The summed E-state index contributed by atoms with van der Waals surface area (Å²) >= 11 is 4.21. The number of unbranched alkanes of at least 4 members (excludes halogenated alkanes) is 3. The maximum Gasteiger partial charge on any atom is 0.272 e. The Labute approximate surface area is 158 Å². The van der Waals surface area contributed by atoms with E-state index in [4.69, 9.17) is 0 Å². The van der Waals surface area contributed by atoms with Crippen LogP contribution in [0.15, 0.2) is 18.3 Å². The monoisotopic (exact) mass is 371 g/mol. The molecule has 2 aromatic heterocycles. The molecule has 3 aromatic rings. The summed E-state index contributed by atoms with van der Waals surface area (Å²) in [7, 11) is 0. The number of aromatic nitrogens is 4. The van der Waals surface area contributed by atoms with Gasteiger partial charge in [0.15, 0.2) is 5.69 Å². The van der Waals surface area contributed by atoms with E-state index in [1.807, 2.05) is 16.8 Å². The third-order valence-electron chi connectivity index (χ3n) is 5.00. The summed E-state index contributed by atoms with van der Waals surface area (Å²) in [5.41, 5.74) is 2.30. The van der Waals surface area contributed by atoms with Crippen LogP contribution in [0, 0.1) is 5.92 Å². The van der Waals surface area contributed by atoms with E-state index in [1.165, 1.54) is 12.8 Å². The highest BCUT2D eigenvalue weighted by atomic mass is 32.1. The molecule has 0 saturated heterocycles.